The number of methoxy groups -OCH3 is 1. The van der Waals surface area contributed by atoms with Gasteiger partial charge in [-0.15, -0.1) is 0 Å². The quantitative estimate of drug-likeness (QED) is 0.684. The summed E-state index contributed by atoms with van der Waals surface area (Å²) in [5.41, 5.74) is 5.88. The van der Waals surface area contributed by atoms with Gasteiger partial charge in [-0.3, -0.25) is 4.79 Å². The SMILES string of the molecule is CCC(C)CN(CC)C(=O)c1sc(NCCOC)nc1N. The van der Waals surface area contributed by atoms with E-state index in [9.17, 15) is 4.79 Å². The topological polar surface area (TPSA) is 80.5 Å². The van der Waals surface area contributed by atoms with Crippen LogP contribution in [-0.2, 0) is 4.74 Å². The van der Waals surface area contributed by atoms with Crippen molar-refractivity contribution < 1.29 is 9.53 Å². The van der Waals surface area contributed by atoms with Gasteiger partial charge in [0.05, 0.1) is 6.61 Å². The van der Waals surface area contributed by atoms with Gasteiger partial charge >= 0.3 is 0 Å². The number of aromatic nitrogens is 1. The van der Waals surface area contributed by atoms with E-state index in [4.69, 9.17) is 10.5 Å². The number of rotatable bonds is 9. The number of nitrogen functional groups attached to an aromatic ring is 1. The Bertz CT molecular complexity index is 450. The highest BCUT2D eigenvalue weighted by atomic mass is 32.1. The normalized spacial score (nSPS) is 12.2. The minimum Gasteiger partial charge on any atom is -0.383 e. The number of nitrogens with one attached hydrogen (secondary N) is 1. The number of nitrogens with two attached hydrogens (primary N) is 1. The summed E-state index contributed by atoms with van der Waals surface area (Å²) in [5.74, 6) is 0.738. The molecule has 0 aromatic carbocycles. The molecule has 1 aromatic rings. The molecule has 1 amide bonds. The number of carbonyl (C=O) groups is 1. The zero-order valence-electron chi connectivity index (χ0n) is 13.3. The summed E-state index contributed by atoms with van der Waals surface area (Å²) in [7, 11) is 1.64. The molecule has 0 radical (unpaired) electrons. The minimum atomic E-state index is -0.0346. The van der Waals surface area contributed by atoms with Crippen LogP contribution in [0, 0.1) is 5.92 Å². The van der Waals surface area contributed by atoms with E-state index in [0.29, 0.717) is 41.4 Å². The van der Waals surface area contributed by atoms with E-state index in [0.717, 1.165) is 13.0 Å². The summed E-state index contributed by atoms with van der Waals surface area (Å²) in [4.78, 5) is 19.1. The van der Waals surface area contributed by atoms with Crippen molar-refractivity contribution in [2.24, 2.45) is 5.92 Å². The lowest BCUT2D eigenvalue weighted by Crippen LogP contribution is -2.34. The van der Waals surface area contributed by atoms with Gasteiger partial charge in [-0.2, -0.15) is 0 Å². The Labute approximate surface area is 130 Å². The van der Waals surface area contributed by atoms with Gasteiger partial charge in [0, 0.05) is 26.7 Å². The zero-order chi connectivity index (χ0) is 15.8. The summed E-state index contributed by atoms with van der Waals surface area (Å²) in [6.07, 6.45) is 1.05. The van der Waals surface area contributed by atoms with Crippen LogP contribution < -0.4 is 11.1 Å². The zero-order valence-corrected chi connectivity index (χ0v) is 14.1. The third-order valence-corrected chi connectivity index (χ3v) is 4.34. The first-order valence-corrected chi connectivity index (χ1v) is 8.13. The largest absolute Gasteiger partial charge is 0.383 e. The number of anilines is 2. The number of carbonyl (C=O) groups excluding carboxylic acids is 1. The Balaban J connectivity index is 2.75. The highest BCUT2D eigenvalue weighted by Crippen LogP contribution is 2.26. The van der Waals surface area contributed by atoms with Crippen LogP contribution in [0.5, 0.6) is 0 Å². The number of hydrogen-bond donors (Lipinski definition) is 2. The standard InChI is InChI=1S/C14H26N4O2S/c1-5-10(3)9-18(6-2)13(19)11-12(15)17-14(21-11)16-7-8-20-4/h10H,5-9,15H2,1-4H3,(H,16,17). The molecule has 0 aliphatic carbocycles. The lowest BCUT2D eigenvalue weighted by Gasteiger charge is -2.23. The lowest BCUT2D eigenvalue weighted by atomic mass is 10.1. The molecule has 0 fully saturated rings. The van der Waals surface area contributed by atoms with Crippen molar-refractivity contribution in [1.29, 1.82) is 0 Å². The second-order valence-corrected chi connectivity index (χ2v) is 6.01. The Morgan fingerprint density at radius 2 is 2.24 bits per heavy atom. The van der Waals surface area contributed by atoms with Gasteiger partial charge in [-0.05, 0) is 12.8 Å². The van der Waals surface area contributed by atoms with Crippen LogP contribution >= 0.6 is 11.3 Å². The average molecular weight is 314 g/mol. The van der Waals surface area contributed by atoms with E-state index >= 15 is 0 Å². The first kappa shape index (κ1) is 17.7. The molecule has 0 bridgehead atoms. The van der Waals surface area contributed by atoms with E-state index < -0.39 is 0 Å². The Morgan fingerprint density at radius 1 is 1.52 bits per heavy atom. The maximum Gasteiger partial charge on any atom is 0.267 e. The molecule has 1 atom stereocenters. The number of nitrogens with zero attached hydrogens (tertiary/aromatic N) is 2. The molecule has 0 saturated heterocycles. The fourth-order valence-electron chi connectivity index (χ4n) is 1.83. The monoisotopic (exact) mass is 314 g/mol. The molecule has 0 aliphatic heterocycles. The van der Waals surface area contributed by atoms with Gasteiger partial charge in [0.25, 0.3) is 5.91 Å². The fourth-order valence-corrected chi connectivity index (χ4v) is 2.70. The van der Waals surface area contributed by atoms with Crippen molar-refractivity contribution in [2.75, 3.05) is 44.4 Å². The highest BCUT2D eigenvalue weighted by Gasteiger charge is 2.22. The molecule has 1 rings (SSSR count). The molecule has 7 heteroatoms. The second kappa shape index (κ2) is 8.84. The van der Waals surface area contributed by atoms with E-state index in [1.807, 2.05) is 11.8 Å². The number of hydrogen-bond acceptors (Lipinski definition) is 6. The summed E-state index contributed by atoms with van der Waals surface area (Å²) >= 11 is 1.30. The second-order valence-electron chi connectivity index (χ2n) is 5.01. The van der Waals surface area contributed by atoms with Crippen molar-refractivity contribution in [3.63, 3.8) is 0 Å². The van der Waals surface area contributed by atoms with Gasteiger partial charge in [-0.25, -0.2) is 4.98 Å². The predicted molar refractivity (Wildman–Crippen MR) is 87.9 cm³/mol. The van der Waals surface area contributed by atoms with Crippen molar-refractivity contribution in [3.05, 3.63) is 4.88 Å². The molecular formula is C14H26N4O2S. The van der Waals surface area contributed by atoms with Crippen LogP contribution in [-0.4, -0.2) is 49.1 Å². The number of amides is 1. The maximum absolute atomic E-state index is 12.6. The van der Waals surface area contributed by atoms with Crippen LogP contribution in [0.4, 0.5) is 10.9 Å². The molecule has 1 unspecified atom stereocenters. The Hall–Kier alpha value is -1.34. The summed E-state index contributed by atoms with van der Waals surface area (Å²) in [5, 5.41) is 3.76. The first-order valence-electron chi connectivity index (χ1n) is 7.31. The molecule has 0 aliphatic rings. The molecular weight excluding hydrogens is 288 g/mol. The van der Waals surface area contributed by atoms with Crippen molar-refractivity contribution in [3.8, 4) is 0 Å². The third-order valence-electron chi connectivity index (χ3n) is 3.33. The number of ether oxygens (including phenoxy) is 1. The van der Waals surface area contributed by atoms with Crippen LogP contribution in [0.3, 0.4) is 0 Å². The summed E-state index contributed by atoms with van der Waals surface area (Å²) in [6, 6.07) is 0. The van der Waals surface area contributed by atoms with Gasteiger partial charge in [0.1, 0.15) is 10.7 Å². The van der Waals surface area contributed by atoms with Gasteiger partial charge in [0.2, 0.25) is 0 Å². The Morgan fingerprint density at radius 3 is 2.81 bits per heavy atom. The third kappa shape index (κ3) is 5.17. The first-order chi connectivity index (χ1) is 10.0. The molecule has 1 aromatic heterocycles. The van der Waals surface area contributed by atoms with Crippen LogP contribution in [0.15, 0.2) is 0 Å². The predicted octanol–water partition coefficient (Wildman–Crippen LogP) is 2.29. The minimum absolute atomic E-state index is 0.0346. The molecule has 120 valence electrons. The van der Waals surface area contributed by atoms with Gasteiger partial charge < -0.3 is 20.7 Å². The highest BCUT2D eigenvalue weighted by molar-refractivity contribution is 7.18. The molecule has 21 heavy (non-hydrogen) atoms. The molecule has 0 spiro atoms. The van der Waals surface area contributed by atoms with Gasteiger partial charge in [-0.1, -0.05) is 31.6 Å². The van der Waals surface area contributed by atoms with Crippen molar-refractivity contribution >= 4 is 28.2 Å². The molecule has 3 N–H and O–H groups in total. The van der Waals surface area contributed by atoms with Crippen molar-refractivity contribution in [1.82, 2.24) is 9.88 Å². The van der Waals surface area contributed by atoms with Crippen LogP contribution in [0.1, 0.15) is 36.9 Å². The Kier molecular flexibility index (Phi) is 7.45. The molecule has 0 saturated carbocycles. The van der Waals surface area contributed by atoms with E-state index in [1.54, 1.807) is 7.11 Å². The van der Waals surface area contributed by atoms with E-state index in [1.165, 1.54) is 11.3 Å². The summed E-state index contributed by atoms with van der Waals surface area (Å²) < 4.78 is 4.97. The van der Waals surface area contributed by atoms with Gasteiger partial charge in [0.15, 0.2) is 5.13 Å². The fraction of sp³-hybridized carbons (Fsp3) is 0.714. The van der Waals surface area contributed by atoms with Crippen molar-refractivity contribution in [2.45, 2.75) is 27.2 Å². The maximum atomic E-state index is 12.6. The lowest BCUT2D eigenvalue weighted by molar-refractivity contribution is 0.0746. The molecule has 6 nitrogen and oxygen atoms in total. The van der Waals surface area contributed by atoms with E-state index in [-0.39, 0.29) is 5.91 Å². The smallest absolute Gasteiger partial charge is 0.267 e. The van der Waals surface area contributed by atoms with Crippen LogP contribution in [0.2, 0.25) is 0 Å². The number of thiazole rings is 1. The average Bonchev–Trinajstić information content (AvgIpc) is 2.85. The van der Waals surface area contributed by atoms with E-state index in [2.05, 4.69) is 24.1 Å². The summed E-state index contributed by atoms with van der Waals surface area (Å²) in [6.45, 7) is 8.89. The molecule has 1 heterocycles. The van der Waals surface area contributed by atoms with Crippen LogP contribution in [0.25, 0.3) is 0 Å².